The second-order valence-corrected chi connectivity index (χ2v) is 0.464. The molecule has 0 aliphatic rings. The Morgan fingerprint density at radius 2 is 2.14 bits per heavy atom. The van der Waals surface area contributed by atoms with Gasteiger partial charge in [0, 0.05) is 0 Å². The summed E-state index contributed by atoms with van der Waals surface area (Å²) < 4.78 is 12.1. The van der Waals surface area contributed by atoms with E-state index in [0.717, 1.165) is 0 Å². The molecule has 0 heterocycles. The molecule has 0 bridgehead atoms. The van der Waals surface area contributed by atoms with E-state index in [0.29, 0.717) is 0 Å². The summed E-state index contributed by atoms with van der Waals surface area (Å²) in [5, 5.41) is 9.03. The molecule has 0 spiro atoms. The van der Waals surface area contributed by atoms with Crippen LogP contribution in [0.25, 0.3) is 0 Å². The van der Waals surface area contributed by atoms with Crippen LogP contribution in [0, 0.1) is 0 Å². The van der Waals surface area contributed by atoms with Gasteiger partial charge in [-0.25, -0.2) is 0 Å². The van der Waals surface area contributed by atoms with Crippen LogP contribution < -0.4 is 34.7 Å². The zero-order valence-electron chi connectivity index (χ0n) is 3.71. The fraction of sp³-hybridized carbons (Fsp3) is 0. The Balaban J connectivity index is 0. The Morgan fingerprint density at radius 1 is 1.71 bits per heavy atom. The normalized spacial score (nSPS) is 5.14. The van der Waals surface area contributed by atoms with E-state index in [9.17, 15) is 0 Å². The predicted octanol–water partition coefficient (Wildman–Crippen LogP) is -4.69. The SMILES string of the molecule is O=BOC(=O)[O-].[Na+]. The van der Waals surface area contributed by atoms with Gasteiger partial charge in [-0.2, -0.15) is 0 Å². The molecule has 0 unspecified atom stereocenters. The molecule has 0 atom stereocenters. The third-order valence-corrected chi connectivity index (χ3v) is 0.144. The van der Waals surface area contributed by atoms with Crippen LogP contribution in [0.15, 0.2) is 0 Å². The van der Waals surface area contributed by atoms with Crippen LogP contribution in [-0.4, -0.2) is 13.5 Å². The van der Waals surface area contributed by atoms with Crippen molar-refractivity contribution in [3.8, 4) is 0 Å². The van der Waals surface area contributed by atoms with Gasteiger partial charge in [-0.15, -0.1) is 0 Å². The predicted molar refractivity (Wildman–Crippen MR) is 12.9 cm³/mol. The molecule has 0 N–H and O–H groups in total. The molecule has 0 aromatic carbocycles. The van der Waals surface area contributed by atoms with E-state index in [1.54, 1.807) is 0 Å². The fourth-order valence-electron chi connectivity index (χ4n) is 0.0393. The average molecular weight is 110 g/mol. The van der Waals surface area contributed by atoms with Gasteiger partial charge in [-0.3, -0.25) is 0 Å². The Kier molecular flexibility index (Phi) is 8.93. The van der Waals surface area contributed by atoms with Crippen LogP contribution in [0.2, 0.25) is 0 Å². The van der Waals surface area contributed by atoms with E-state index >= 15 is 0 Å². The number of carbonyl (C=O) groups excluding carboxylic acids is 1. The second-order valence-electron chi connectivity index (χ2n) is 0.464. The first-order valence-corrected chi connectivity index (χ1v) is 1.08. The maximum Gasteiger partial charge on any atom is 1.00 e. The smallest absolute Gasteiger partial charge is 1.00 e. The van der Waals surface area contributed by atoms with Gasteiger partial charge in [-0.1, -0.05) is 0 Å². The molecule has 0 fully saturated rings. The summed E-state index contributed by atoms with van der Waals surface area (Å²) in [6.07, 6.45) is -1.83. The van der Waals surface area contributed by atoms with Crippen LogP contribution >= 0.6 is 0 Å². The van der Waals surface area contributed by atoms with E-state index in [-0.39, 0.29) is 36.9 Å². The Bertz CT molecular complexity index is 72.1. The summed E-state index contributed by atoms with van der Waals surface area (Å²) >= 11 is 0. The van der Waals surface area contributed by atoms with E-state index < -0.39 is 6.16 Å². The zero-order chi connectivity index (χ0) is 4.99. The molecule has 0 amide bonds. The number of rotatable bonds is 1. The molecular formula is CBNaO4. The Hall–Kier alpha value is 0.135. The van der Waals surface area contributed by atoms with Gasteiger partial charge in [0.2, 0.25) is 0 Å². The van der Waals surface area contributed by atoms with Crippen LogP contribution in [0.3, 0.4) is 0 Å². The molecule has 32 valence electrons. The van der Waals surface area contributed by atoms with Crippen molar-refractivity contribution in [2.75, 3.05) is 0 Å². The Morgan fingerprint density at radius 3 is 2.14 bits per heavy atom. The van der Waals surface area contributed by atoms with Gasteiger partial charge in [-0.05, 0) is 0 Å². The topological polar surface area (TPSA) is 66.4 Å². The monoisotopic (exact) mass is 110 g/mol. The molecular weight excluding hydrogens is 110 g/mol. The van der Waals surface area contributed by atoms with Crippen molar-refractivity contribution in [2.24, 2.45) is 0 Å². The first-order valence-electron chi connectivity index (χ1n) is 1.08. The third-order valence-electron chi connectivity index (χ3n) is 0.144. The molecule has 4 nitrogen and oxygen atoms in total. The van der Waals surface area contributed by atoms with Crippen molar-refractivity contribution >= 4 is 13.5 Å². The molecule has 0 saturated carbocycles. The average Bonchev–Trinajstić information content (AvgIpc) is 1.35. The third kappa shape index (κ3) is 10.7. The molecule has 0 aromatic heterocycles. The largest absolute Gasteiger partial charge is 1.00 e. The van der Waals surface area contributed by atoms with E-state index in [4.69, 9.17) is 14.6 Å². The maximum absolute atomic E-state index is 9.03. The summed E-state index contributed by atoms with van der Waals surface area (Å²) in [4.78, 5) is 9.03. The van der Waals surface area contributed by atoms with Crippen LogP contribution in [0.1, 0.15) is 0 Å². The Labute approximate surface area is 62.4 Å². The second kappa shape index (κ2) is 6.13. The van der Waals surface area contributed by atoms with Gasteiger partial charge < -0.3 is 0 Å². The molecule has 0 rings (SSSR count). The van der Waals surface area contributed by atoms with Gasteiger partial charge in [0.1, 0.15) is 0 Å². The number of carboxylic acid groups (broad SMARTS) is 1. The maximum atomic E-state index is 9.03. The molecule has 0 aliphatic carbocycles. The quantitative estimate of drug-likeness (QED) is 0.318. The molecule has 0 saturated heterocycles. The molecule has 0 radical (unpaired) electrons. The number of hydrogen-bond acceptors (Lipinski definition) is 4. The van der Waals surface area contributed by atoms with Crippen molar-refractivity contribution in [1.29, 1.82) is 0 Å². The standard InChI is InChI=1S/CHBO4.Na/c3-1(4)6-2-5;/h(H,3,4);/q;+1/p-1. The van der Waals surface area contributed by atoms with E-state index in [1.807, 2.05) is 0 Å². The molecule has 7 heavy (non-hydrogen) atoms. The summed E-state index contributed by atoms with van der Waals surface area (Å²) in [5.41, 5.74) is 0. The van der Waals surface area contributed by atoms with E-state index in [1.165, 1.54) is 0 Å². The van der Waals surface area contributed by atoms with Crippen LogP contribution in [0.5, 0.6) is 0 Å². The van der Waals surface area contributed by atoms with Crippen molar-refractivity contribution in [1.82, 2.24) is 0 Å². The fourth-order valence-corrected chi connectivity index (χ4v) is 0.0393. The minimum Gasteiger partial charge on any atom is 1.00 e. The van der Waals surface area contributed by atoms with Gasteiger partial charge >= 0.3 is 62.3 Å². The number of carbonyl (C=O) groups is 1. The van der Waals surface area contributed by atoms with E-state index in [2.05, 4.69) is 4.65 Å². The van der Waals surface area contributed by atoms with Gasteiger partial charge in [0.05, 0.1) is 0 Å². The number of hydrogen-bond donors (Lipinski definition) is 0. The van der Waals surface area contributed by atoms with Crippen molar-refractivity contribution < 1.29 is 48.8 Å². The first kappa shape index (κ1) is 10.2. The van der Waals surface area contributed by atoms with Crippen LogP contribution in [-0.2, 0) is 9.36 Å². The zero-order valence-corrected chi connectivity index (χ0v) is 5.71. The minimum atomic E-state index is -1.83. The van der Waals surface area contributed by atoms with Crippen molar-refractivity contribution in [2.45, 2.75) is 0 Å². The molecule has 6 heteroatoms. The summed E-state index contributed by atoms with van der Waals surface area (Å²) in [5.74, 6) is 0. The molecule has 0 aromatic rings. The van der Waals surface area contributed by atoms with Crippen molar-refractivity contribution in [3.63, 3.8) is 0 Å². The van der Waals surface area contributed by atoms with Gasteiger partial charge in [0.15, 0.2) is 0 Å². The summed E-state index contributed by atoms with van der Waals surface area (Å²) in [6.45, 7) is 0. The molecule has 0 aliphatic heterocycles. The first-order chi connectivity index (χ1) is 2.77. The van der Waals surface area contributed by atoms with Gasteiger partial charge in [0.25, 0.3) is 0 Å². The summed E-state index contributed by atoms with van der Waals surface area (Å²) in [7, 11) is -0.213. The summed E-state index contributed by atoms with van der Waals surface area (Å²) in [6, 6.07) is 0. The van der Waals surface area contributed by atoms with Crippen LogP contribution in [0.4, 0.5) is 4.79 Å². The van der Waals surface area contributed by atoms with Crippen molar-refractivity contribution in [3.05, 3.63) is 0 Å². The minimum absolute atomic E-state index is 0.